The van der Waals surface area contributed by atoms with E-state index in [1.807, 2.05) is 0 Å². The minimum atomic E-state index is -0.0839. The van der Waals surface area contributed by atoms with E-state index in [9.17, 15) is 5.11 Å². The molecule has 0 unspecified atom stereocenters. The molecule has 2 nitrogen and oxygen atoms in total. The highest BCUT2D eigenvalue weighted by atomic mass is 16.6. The number of aliphatic hydroxyl groups is 1. The first-order valence-corrected chi connectivity index (χ1v) is 9.50. The summed E-state index contributed by atoms with van der Waals surface area (Å²) in [4.78, 5) is 0. The molecule has 0 radical (unpaired) electrons. The molecule has 122 valence electrons. The normalized spacial score (nSPS) is 59.5. The van der Waals surface area contributed by atoms with Crippen LogP contribution in [0.15, 0.2) is 11.6 Å². The molecular formula is C20H30O2. The van der Waals surface area contributed by atoms with Crippen LogP contribution in [0.3, 0.4) is 0 Å². The van der Waals surface area contributed by atoms with E-state index in [1.165, 1.54) is 38.5 Å². The summed E-state index contributed by atoms with van der Waals surface area (Å²) in [6.45, 7) is 6.09. The van der Waals surface area contributed by atoms with Crippen LogP contribution in [0.1, 0.15) is 65.2 Å². The Kier molecular flexibility index (Phi) is 2.67. The second kappa shape index (κ2) is 4.19. The van der Waals surface area contributed by atoms with Crippen LogP contribution in [-0.4, -0.2) is 23.4 Å². The van der Waals surface area contributed by atoms with Gasteiger partial charge in [0.15, 0.2) is 0 Å². The standard InChI is InChI=1S/C20H30O2/c1-18-8-5-14(21)11-13(18)3-4-15-16(18)6-9-19(2)17(15)7-10-20(19)12-22-20/h3,14-17,21H,4-12H2,1-2H3/t14-,15-,16+,17-,18+,19+,20-/m1/s1. The molecule has 0 amide bonds. The highest BCUT2D eigenvalue weighted by Crippen LogP contribution is 2.70. The van der Waals surface area contributed by atoms with Crippen molar-refractivity contribution in [1.29, 1.82) is 0 Å². The first-order chi connectivity index (χ1) is 10.5. The summed E-state index contributed by atoms with van der Waals surface area (Å²) in [5, 5.41) is 10.1. The van der Waals surface area contributed by atoms with Gasteiger partial charge in [0, 0.05) is 5.41 Å². The molecule has 1 aliphatic heterocycles. The summed E-state index contributed by atoms with van der Waals surface area (Å²) in [6, 6.07) is 0. The van der Waals surface area contributed by atoms with Gasteiger partial charge in [-0.2, -0.15) is 0 Å². The van der Waals surface area contributed by atoms with Crippen LogP contribution >= 0.6 is 0 Å². The van der Waals surface area contributed by atoms with E-state index in [1.54, 1.807) is 5.57 Å². The highest BCUT2D eigenvalue weighted by molar-refractivity contribution is 5.27. The number of ether oxygens (including phenoxy) is 1. The second-order valence-corrected chi connectivity index (χ2v) is 9.43. The van der Waals surface area contributed by atoms with Crippen molar-refractivity contribution >= 4 is 0 Å². The third-order valence-corrected chi connectivity index (χ3v) is 8.86. The Morgan fingerprint density at radius 3 is 2.64 bits per heavy atom. The van der Waals surface area contributed by atoms with Crippen molar-refractivity contribution in [1.82, 2.24) is 0 Å². The summed E-state index contributed by atoms with van der Waals surface area (Å²) in [5.74, 6) is 2.59. The molecule has 1 spiro atoms. The average Bonchev–Trinajstić information content (AvgIpc) is 3.22. The molecule has 1 saturated heterocycles. The predicted molar refractivity (Wildman–Crippen MR) is 86.4 cm³/mol. The molecule has 0 aromatic carbocycles. The third-order valence-electron chi connectivity index (χ3n) is 8.86. The second-order valence-electron chi connectivity index (χ2n) is 9.43. The first-order valence-electron chi connectivity index (χ1n) is 9.50. The Morgan fingerprint density at radius 1 is 1.09 bits per heavy atom. The SMILES string of the molecule is C[C@]12CC[C@@H](O)CC1=CC[C@H]1[C@H]3CC[C@@]4(CO4)[C@@]3(C)CC[C@@H]12. The first kappa shape index (κ1) is 14.0. The van der Waals surface area contributed by atoms with E-state index in [0.29, 0.717) is 10.8 Å². The lowest BCUT2D eigenvalue weighted by Gasteiger charge is -2.57. The van der Waals surface area contributed by atoms with Gasteiger partial charge in [-0.05, 0) is 74.5 Å². The number of epoxide rings is 1. The highest BCUT2D eigenvalue weighted by Gasteiger charge is 2.69. The molecule has 1 heterocycles. The van der Waals surface area contributed by atoms with E-state index < -0.39 is 0 Å². The zero-order valence-corrected chi connectivity index (χ0v) is 14.1. The molecule has 5 aliphatic rings. The maximum absolute atomic E-state index is 10.1. The molecule has 4 fully saturated rings. The van der Waals surface area contributed by atoms with E-state index in [0.717, 1.165) is 37.2 Å². The zero-order chi connectivity index (χ0) is 15.2. The fourth-order valence-corrected chi connectivity index (χ4v) is 7.30. The number of allylic oxidation sites excluding steroid dienone is 1. The van der Waals surface area contributed by atoms with Crippen LogP contribution in [0, 0.1) is 28.6 Å². The van der Waals surface area contributed by atoms with E-state index in [4.69, 9.17) is 4.74 Å². The zero-order valence-electron chi connectivity index (χ0n) is 14.1. The van der Waals surface area contributed by atoms with Gasteiger partial charge in [-0.3, -0.25) is 0 Å². The number of rotatable bonds is 0. The van der Waals surface area contributed by atoms with Gasteiger partial charge in [0.25, 0.3) is 0 Å². The van der Waals surface area contributed by atoms with Crippen molar-refractivity contribution in [2.24, 2.45) is 28.6 Å². The number of fused-ring (bicyclic) bond motifs is 6. The van der Waals surface area contributed by atoms with Crippen molar-refractivity contribution in [3.63, 3.8) is 0 Å². The number of hydrogen-bond donors (Lipinski definition) is 1. The molecule has 0 bridgehead atoms. The minimum absolute atomic E-state index is 0.0839. The largest absolute Gasteiger partial charge is 0.393 e. The lowest BCUT2D eigenvalue weighted by atomic mass is 9.47. The van der Waals surface area contributed by atoms with Crippen molar-refractivity contribution in [2.45, 2.75) is 76.9 Å². The molecule has 0 aromatic heterocycles. The van der Waals surface area contributed by atoms with Crippen LogP contribution in [0.2, 0.25) is 0 Å². The molecule has 5 rings (SSSR count). The van der Waals surface area contributed by atoms with Crippen molar-refractivity contribution in [2.75, 3.05) is 6.61 Å². The Balaban J connectivity index is 1.51. The van der Waals surface area contributed by atoms with Crippen LogP contribution in [0.5, 0.6) is 0 Å². The maximum atomic E-state index is 10.1. The van der Waals surface area contributed by atoms with Gasteiger partial charge in [-0.1, -0.05) is 25.5 Å². The van der Waals surface area contributed by atoms with Crippen molar-refractivity contribution in [3.05, 3.63) is 11.6 Å². The Hall–Kier alpha value is -0.340. The molecule has 22 heavy (non-hydrogen) atoms. The molecule has 4 aliphatic carbocycles. The van der Waals surface area contributed by atoms with Crippen LogP contribution in [0.25, 0.3) is 0 Å². The number of aliphatic hydroxyl groups excluding tert-OH is 1. The van der Waals surface area contributed by atoms with Gasteiger partial charge in [-0.25, -0.2) is 0 Å². The summed E-state index contributed by atoms with van der Waals surface area (Å²) < 4.78 is 6.01. The van der Waals surface area contributed by atoms with Gasteiger partial charge >= 0.3 is 0 Å². The van der Waals surface area contributed by atoms with Crippen molar-refractivity contribution in [3.8, 4) is 0 Å². The van der Waals surface area contributed by atoms with E-state index in [-0.39, 0.29) is 11.7 Å². The lowest BCUT2D eigenvalue weighted by molar-refractivity contribution is -0.0556. The summed E-state index contributed by atoms with van der Waals surface area (Å²) in [7, 11) is 0. The quantitative estimate of drug-likeness (QED) is 0.540. The Bertz CT molecular complexity index is 534. The van der Waals surface area contributed by atoms with Crippen LogP contribution in [0.4, 0.5) is 0 Å². The van der Waals surface area contributed by atoms with Gasteiger partial charge in [0.1, 0.15) is 0 Å². The topological polar surface area (TPSA) is 32.8 Å². The molecule has 1 N–H and O–H groups in total. The third kappa shape index (κ3) is 1.54. The Morgan fingerprint density at radius 2 is 1.86 bits per heavy atom. The predicted octanol–water partition coefficient (Wildman–Crippen LogP) is 4.08. The molecular weight excluding hydrogens is 272 g/mol. The van der Waals surface area contributed by atoms with Gasteiger partial charge < -0.3 is 9.84 Å². The fraction of sp³-hybridized carbons (Fsp3) is 0.900. The van der Waals surface area contributed by atoms with Crippen LogP contribution in [-0.2, 0) is 4.74 Å². The maximum Gasteiger partial charge on any atom is 0.0972 e. The average molecular weight is 302 g/mol. The molecule has 3 saturated carbocycles. The van der Waals surface area contributed by atoms with Gasteiger partial charge in [-0.15, -0.1) is 0 Å². The van der Waals surface area contributed by atoms with Crippen LogP contribution < -0.4 is 0 Å². The lowest BCUT2D eigenvalue weighted by Crippen LogP contribution is -2.51. The van der Waals surface area contributed by atoms with E-state index >= 15 is 0 Å². The van der Waals surface area contributed by atoms with Gasteiger partial charge in [0.2, 0.25) is 0 Å². The number of hydrogen-bond acceptors (Lipinski definition) is 2. The summed E-state index contributed by atoms with van der Waals surface area (Å²) in [6.07, 6.45) is 12.3. The minimum Gasteiger partial charge on any atom is -0.393 e. The molecule has 2 heteroatoms. The smallest absolute Gasteiger partial charge is 0.0972 e. The molecule has 0 aromatic rings. The van der Waals surface area contributed by atoms with E-state index in [2.05, 4.69) is 19.9 Å². The fourth-order valence-electron chi connectivity index (χ4n) is 7.30. The molecule has 7 atom stereocenters. The Labute approximate surface area is 134 Å². The summed E-state index contributed by atoms with van der Waals surface area (Å²) in [5.41, 5.74) is 2.69. The monoisotopic (exact) mass is 302 g/mol. The van der Waals surface area contributed by atoms with Crippen molar-refractivity contribution < 1.29 is 9.84 Å². The summed E-state index contributed by atoms with van der Waals surface area (Å²) >= 11 is 0. The van der Waals surface area contributed by atoms with Gasteiger partial charge in [0.05, 0.1) is 18.3 Å².